The predicted octanol–water partition coefficient (Wildman–Crippen LogP) is 2.77. The minimum Gasteiger partial charge on any atom is -0.496 e. The molecule has 2 heteroatoms. The van der Waals surface area contributed by atoms with Crippen molar-refractivity contribution in [3.8, 4) is 5.75 Å². The highest BCUT2D eigenvalue weighted by molar-refractivity contribution is 5.35. The van der Waals surface area contributed by atoms with Gasteiger partial charge in [-0.1, -0.05) is 18.2 Å². The van der Waals surface area contributed by atoms with Crippen molar-refractivity contribution in [3.05, 3.63) is 29.8 Å². The maximum absolute atomic E-state index is 10.4. The molecular formula is C14H18O2. The van der Waals surface area contributed by atoms with Crippen LogP contribution in [-0.2, 0) is 0 Å². The lowest BCUT2D eigenvalue weighted by molar-refractivity contribution is 0.102. The molecule has 0 bridgehead atoms. The van der Waals surface area contributed by atoms with Crippen LogP contribution >= 0.6 is 0 Å². The SMILES string of the molecule is COc1ccccc1C(O)C1CC2CC2C1. The molecule has 0 saturated heterocycles. The molecule has 0 aliphatic heterocycles. The lowest BCUT2D eigenvalue weighted by Gasteiger charge is -2.21. The van der Waals surface area contributed by atoms with Gasteiger partial charge in [0.15, 0.2) is 0 Å². The van der Waals surface area contributed by atoms with Gasteiger partial charge in [-0.25, -0.2) is 0 Å². The van der Waals surface area contributed by atoms with Gasteiger partial charge in [0.1, 0.15) is 5.75 Å². The smallest absolute Gasteiger partial charge is 0.124 e. The fraction of sp³-hybridized carbons (Fsp3) is 0.571. The van der Waals surface area contributed by atoms with Gasteiger partial charge >= 0.3 is 0 Å². The molecule has 0 spiro atoms. The molecule has 1 aromatic carbocycles. The summed E-state index contributed by atoms with van der Waals surface area (Å²) in [6, 6.07) is 7.82. The lowest BCUT2D eigenvalue weighted by Crippen LogP contribution is -2.12. The average Bonchev–Trinajstić information content (AvgIpc) is 2.95. The second kappa shape index (κ2) is 3.77. The number of hydrogen-bond acceptors (Lipinski definition) is 2. The highest BCUT2D eigenvalue weighted by Gasteiger charge is 2.48. The number of para-hydroxylation sites is 1. The molecule has 3 rings (SSSR count). The van der Waals surface area contributed by atoms with Crippen molar-refractivity contribution in [1.29, 1.82) is 0 Å². The Morgan fingerprint density at radius 2 is 1.88 bits per heavy atom. The van der Waals surface area contributed by atoms with E-state index in [0.29, 0.717) is 5.92 Å². The van der Waals surface area contributed by atoms with Crippen LogP contribution in [0, 0.1) is 17.8 Å². The molecule has 86 valence electrons. The summed E-state index contributed by atoms with van der Waals surface area (Å²) < 4.78 is 5.30. The standard InChI is InChI=1S/C14H18O2/c1-16-13-5-3-2-4-12(13)14(15)11-7-9-6-10(9)8-11/h2-5,9-11,14-15H,6-8H2,1H3. The molecule has 3 unspecified atom stereocenters. The fourth-order valence-electron chi connectivity index (χ4n) is 3.18. The van der Waals surface area contributed by atoms with Gasteiger partial charge in [0.25, 0.3) is 0 Å². The summed E-state index contributed by atoms with van der Waals surface area (Å²) in [5, 5.41) is 10.4. The lowest BCUT2D eigenvalue weighted by atomic mass is 9.91. The fourth-order valence-corrected chi connectivity index (χ4v) is 3.18. The molecule has 2 fully saturated rings. The first-order chi connectivity index (χ1) is 7.79. The summed E-state index contributed by atoms with van der Waals surface area (Å²) >= 11 is 0. The number of benzene rings is 1. The molecule has 1 aromatic rings. The van der Waals surface area contributed by atoms with Crippen molar-refractivity contribution < 1.29 is 9.84 Å². The van der Waals surface area contributed by atoms with Crippen LogP contribution in [0.2, 0.25) is 0 Å². The van der Waals surface area contributed by atoms with Crippen molar-refractivity contribution >= 4 is 0 Å². The summed E-state index contributed by atoms with van der Waals surface area (Å²) in [6.45, 7) is 0. The number of ether oxygens (including phenoxy) is 1. The molecule has 0 heterocycles. The Labute approximate surface area is 96.2 Å². The molecule has 3 atom stereocenters. The molecule has 2 aliphatic rings. The average molecular weight is 218 g/mol. The van der Waals surface area contributed by atoms with Gasteiger partial charge in [-0.2, -0.15) is 0 Å². The summed E-state index contributed by atoms with van der Waals surface area (Å²) in [4.78, 5) is 0. The third-order valence-corrected chi connectivity index (χ3v) is 4.18. The monoisotopic (exact) mass is 218 g/mol. The molecule has 0 aromatic heterocycles. The third kappa shape index (κ3) is 1.61. The van der Waals surface area contributed by atoms with Crippen LogP contribution in [0.25, 0.3) is 0 Å². The van der Waals surface area contributed by atoms with E-state index >= 15 is 0 Å². The first-order valence-corrected chi connectivity index (χ1v) is 6.10. The van der Waals surface area contributed by atoms with Gasteiger partial charge in [0.05, 0.1) is 13.2 Å². The largest absolute Gasteiger partial charge is 0.496 e. The van der Waals surface area contributed by atoms with E-state index in [0.717, 1.165) is 23.1 Å². The van der Waals surface area contributed by atoms with E-state index in [4.69, 9.17) is 4.74 Å². The van der Waals surface area contributed by atoms with Crippen LogP contribution in [0.15, 0.2) is 24.3 Å². The van der Waals surface area contributed by atoms with E-state index in [1.807, 2.05) is 24.3 Å². The minimum atomic E-state index is -0.344. The Hall–Kier alpha value is -1.02. The molecule has 1 N–H and O–H groups in total. The van der Waals surface area contributed by atoms with Crippen molar-refractivity contribution in [2.24, 2.45) is 17.8 Å². The first kappa shape index (κ1) is 10.2. The Morgan fingerprint density at radius 1 is 1.19 bits per heavy atom. The topological polar surface area (TPSA) is 29.5 Å². The zero-order chi connectivity index (χ0) is 11.1. The van der Waals surface area contributed by atoms with Crippen LogP contribution in [0.5, 0.6) is 5.75 Å². The summed E-state index contributed by atoms with van der Waals surface area (Å²) in [7, 11) is 1.66. The van der Waals surface area contributed by atoms with Crippen LogP contribution < -0.4 is 4.74 Å². The minimum absolute atomic E-state index is 0.344. The number of methoxy groups -OCH3 is 1. The first-order valence-electron chi connectivity index (χ1n) is 6.10. The van der Waals surface area contributed by atoms with Crippen LogP contribution in [0.3, 0.4) is 0 Å². The Kier molecular flexibility index (Phi) is 2.40. The van der Waals surface area contributed by atoms with Crippen molar-refractivity contribution in [2.45, 2.75) is 25.4 Å². The molecule has 2 aliphatic carbocycles. The summed E-state index contributed by atoms with van der Waals surface area (Å²) in [6.07, 6.45) is 3.45. The van der Waals surface area contributed by atoms with Gasteiger partial charge in [0, 0.05) is 5.56 Å². The summed E-state index contributed by atoms with van der Waals surface area (Å²) in [5.41, 5.74) is 0.955. The number of hydrogen-bond donors (Lipinski definition) is 1. The highest BCUT2D eigenvalue weighted by Crippen LogP contribution is 2.57. The van der Waals surface area contributed by atoms with Gasteiger partial charge < -0.3 is 9.84 Å². The maximum atomic E-state index is 10.4. The van der Waals surface area contributed by atoms with E-state index < -0.39 is 0 Å². The second-order valence-corrected chi connectivity index (χ2v) is 5.17. The van der Waals surface area contributed by atoms with Crippen molar-refractivity contribution in [2.75, 3.05) is 7.11 Å². The third-order valence-electron chi connectivity index (χ3n) is 4.18. The zero-order valence-corrected chi connectivity index (χ0v) is 9.60. The van der Waals surface area contributed by atoms with Gasteiger partial charge in [0.2, 0.25) is 0 Å². The Morgan fingerprint density at radius 3 is 2.56 bits per heavy atom. The molecule has 0 radical (unpaired) electrons. The quantitative estimate of drug-likeness (QED) is 0.845. The Bertz CT molecular complexity index is 378. The number of fused-ring (bicyclic) bond motifs is 1. The van der Waals surface area contributed by atoms with E-state index in [1.165, 1.54) is 19.3 Å². The van der Waals surface area contributed by atoms with Gasteiger partial charge in [-0.05, 0) is 43.1 Å². The molecule has 0 amide bonds. The molecule has 2 nitrogen and oxygen atoms in total. The van der Waals surface area contributed by atoms with Crippen LogP contribution in [0.1, 0.15) is 30.9 Å². The van der Waals surface area contributed by atoms with Gasteiger partial charge in [-0.15, -0.1) is 0 Å². The number of aliphatic hydroxyl groups excluding tert-OH is 1. The number of aliphatic hydroxyl groups is 1. The van der Waals surface area contributed by atoms with E-state index in [1.54, 1.807) is 7.11 Å². The maximum Gasteiger partial charge on any atom is 0.124 e. The highest BCUT2D eigenvalue weighted by atomic mass is 16.5. The summed E-state index contributed by atoms with van der Waals surface area (Å²) in [5.74, 6) is 3.08. The van der Waals surface area contributed by atoms with E-state index in [-0.39, 0.29) is 6.10 Å². The van der Waals surface area contributed by atoms with Crippen LogP contribution in [-0.4, -0.2) is 12.2 Å². The Balaban J connectivity index is 1.80. The zero-order valence-electron chi connectivity index (χ0n) is 9.60. The molecule has 16 heavy (non-hydrogen) atoms. The second-order valence-electron chi connectivity index (χ2n) is 5.17. The van der Waals surface area contributed by atoms with E-state index in [9.17, 15) is 5.11 Å². The molecular weight excluding hydrogens is 200 g/mol. The molecule has 2 saturated carbocycles. The van der Waals surface area contributed by atoms with Crippen molar-refractivity contribution in [3.63, 3.8) is 0 Å². The van der Waals surface area contributed by atoms with Crippen molar-refractivity contribution in [1.82, 2.24) is 0 Å². The van der Waals surface area contributed by atoms with Crippen LogP contribution in [0.4, 0.5) is 0 Å². The van der Waals surface area contributed by atoms with E-state index in [2.05, 4.69) is 0 Å². The predicted molar refractivity (Wildman–Crippen MR) is 62.3 cm³/mol. The number of rotatable bonds is 3. The normalized spacial score (nSPS) is 33.2. The van der Waals surface area contributed by atoms with Gasteiger partial charge in [-0.3, -0.25) is 0 Å².